The zero-order valence-electron chi connectivity index (χ0n) is 9.98. The molecule has 0 spiro atoms. The van der Waals surface area contributed by atoms with Crippen LogP contribution >= 0.6 is 22.9 Å². The third-order valence-corrected chi connectivity index (χ3v) is 5.89. The summed E-state index contributed by atoms with van der Waals surface area (Å²) in [4.78, 5) is 2.95. The number of anilines is 1. The Balaban J connectivity index is 2.22. The molecule has 1 aromatic carbocycles. The lowest BCUT2D eigenvalue weighted by Crippen LogP contribution is -2.00. The lowest BCUT2D eigenvalue weighted by molar-refractivity contribution is 0.683. The van der Waals surface area contributed by atoms with Gasteiger partial charge in [-0.1, -0.05) is 24.6 Å². The second kappa shape index (κ2) is 5.87. The first-order valence-corrected chi connectivity index (χ1v) is 8.13. The van der Waals surface area contributed by atoms with E-state index in [9.17, 15) is 4.21 Å². The predicted octanol–water partition coefficient (Wildman–Crippen LogP) is 3.85. The van der Waals surface area contributed by atoms with E-state index in [0.29, 0.717) is 21.4 Å². The van der Waals surface area contributed by atoms with Crippen LogP contribution in [0.5, 0.6) is 0 Å². The van der Waals surface area contributed by atoms with Gasteiger partial charge in [0.1, 0.15) is 0 Å². The molecule has 1 aromatic heterocycles. The van der Waals surface area contributed by atoms with Crippen LogP contribution in [-0.2, 0) is 23.0 Å². The predicted molar refractivity (Wildman–Crippen MR) is 79.7 cm³/mol. The Morgan fingerprint density at radius 2 is 2.00 bits per heavy atom. The molecule has 0 aliphatic heterocycles. The van der Waals surface area contributed by atoms with Gasteiger partial charge >= 0.3 is 0 Å². The summed E-state index contributed by atoms with van der Waals surface area (Å²) >= 11 is 7.74. The summed E-state index contributed by atoms with van der Waals surface area (Å²) in [6, 6.07) is 9.31. The minimum Gasteiger partial charge on any atom is -0.398 e. The maximum Gasteiger partial charge on any atom is 0.0807 e. The van der Waals surface area contributed by atoms with Crippen molar-refractivity contribution < 1.29 is 4.21 Å². The van der Waals surface area contributed by atoms with Crippen LogP contribution in [0.15, 0.2) is 35.2 Å². The van der Waals surface area contributed by atoms with Crippen molar-refractivity contribution in [3.63, 3.8) is 0 Å². The molecule has 5 heteroatoms. The highest BCUT2D eigenvalue weighted by atomic mass is 35.5. The van der Waals surface area contributed by atoms with Crippen molar-refractivity contribution in [2.24, 2.45) is 0 Å². The summed E-state index contributed by atoms with van der Waals surface area (Å²) in [5.74, 6) is 0.471. The molecule has 18 heavy (non-hydrogen) atoms. The number of rotatable bonds is 4. The molecule has 1 unspecified atom stereocenters. The van der Waals surface area contributed by atoms with Crippen molar-refractivity contribution in [2.45, 2.75) is 24.0 Å². The molecule has 0 fully saturated rings. The van der Waals surface area contributed by atoms with E-state index in [2.05, 4.69) is 13.0 Å². The molecule has 0 saturated heterocycles. The Labute approximate surface area is 118 Å². The van der Waals surface area contributed by atoms with Gasteiger partial charge in [0.25, 0.3) is 0 Å². The maximum absolute atomic E-state index is 12.3. The lowest BCUT2D eigenvalue weighted by Gasteiger charge is -2.06. The highest BCUT2D eigenvalue weighted by Crippen LogP contribution is 2.28. The van der Waals surface area contributed by atoms with E-state index in [-0.39, 0.29) is 0 Å². The first-order valence-electron chi connectivity index (χ1n) is 5.61. The van der Waals surface area contributed by atoms with Gasteiger partial charge < -0.3 is 5.73 Å². The zero-order valence-corrected chi connectivity index (χ0v) is 12.4. The number of halogens is 1. The van der Waals surface area contributed by atoms with E-state index in [1.54, 1.807) is 29.5 Å². The smallest absolute Gasteiger partial charge is 0.0807 e. The number of aryl methyl sites for hydroxylation is 1. The Morgan fingerprint density at radius 3 is 2.61 bits per heavy atom. The monoisotopic (exact) mass is 299 g/mol. The van der Waals surface area contributed by atoms with E-state index in [1.165, 1.54) is 4.88 Å². The molecular weight excluding hydrogens is 286 g/mol. The Bertz CT molecular complexity index is 560. The molecule has 1 heterocycles. The highest BCUT2D eigenvalue weighted by molar-refractivity contribution is 7.84. The second-order valence-corrected chi connectivity index (χ2v) is 6.92. The molecule has 0 bridgehead atoms. The van der Waals surface area contributed by atoms with Gasteiger partial charge in [0.05, 0.1) is 26.5 Å². The van der Waals surface area contributed by atoms with Crippen molar-refractivity contribution in [1.29, 1.82) is 0 Å². The summed E-state index contributed by atoms with van der Waals surface area (Å²) in [7, 11) is -1.19. The van der Waals surface area contributed by atoms with E-state index >= 15 is 0 Å². The van der Waals surface area contributed by atoms with Crippen molar-refractivity contribution in [3.8, 4) is 0 Å². The lowest BCUT2D eigenvalue weighted by atomic mass is 10.3. The summed E-state index contributed by atoms with van der Waals surface area (Å²) in [6.45, 7) is 2.11. The number of benzene rings is 1. The molecule has 2 N–H and O–H groups in total. The molecule has 96 valence electrons. The number of nitrogens with two attached hydrogens (primary N) is 1. The van der Waals surface area contributed by atoms with Crippen molar-refractivity contribution in [2.75, 3.05) is 5.73 Å². The van der Waals surface area contributed by atoms with Gasteiger partial charge in [0.2, 0.25) is 0 Å². The molecule has 0 aliphatic carbocycles. The van der Waals surface area contributed by atoms with E-state index < -0.39 is 10.8 Å². The second-order valence-electron chi connectivity index (χ2n) is 3.87. The molecule has 0 saturated carbocycles. The number of thiophene rings is 1. The molecule has 0 amide bonds. The molecule has 2 rings (SSSR count). The number of hydrogen-bond acceptors (Lipinski definition) is 3. The van der Waals surface area contributed by atoms with Crippen LogP contribution < -0.4 is 5.73 Å². The zero-order chi connectivity index (χ0) is 13.1. The average molecular weight is 300 g/mol. The van der Waals surface area contributed by atoms with E-state index in [0.717, 1.165) is 11.3 Å². The highest BCUT2D eigenvalue weighted by Gasteiger charge is 2.13. The van der Waals surface area contributed by atoms with Gasteiger partial charge in [-0.25, -0.2) is 0 Å². The van der Waals surface area contributed by atoms with Crippen molar-refractivity contribution >= 4 is 39.4 Å². The van der Waals surface area contributed by atoms with E-state index in [4.69, 9.17) is 17.3 Å². The minimum atomic E-state index is -1.19. The summed E-state index contributed by atoms with van der Waals surface area (Å²) in [5, 5.41) is 0.473. The van der Waals surface area contributed by atoms with Crippen LogP contribution in [0.4, 0.5) is 5.69 Å². The minimum absolute atomic E-state index is 0.471. The standard InChI is InChI=1S/C13H14ClNOS2/c1-2-9-6-7-10(17-9)8-18(16)13-11(14)4-3-5-12(13)15/h3-7H,2,8,15H2,1H3. The van der Waals surface area contributed by atoms with Gasteiger partial charge in [-0.2, -0.15) is 0 Å². The Morgan fingerprint density at radius 1 is 1.28 bits per heavy atom. The van der Waals surface area contributed by atoms with Crippen molar-refractivity contribution in [3.05, 3.63) is 45.1 Å². The normalized spacial score (nSPS) is 12.6. The fourth-order valence-electron chi connectivity index (χ4n) is 1.66. The average Bonchev–Trinajstić information content (AvgIpc) is 2.76. The van der Waals surface area contributed by atoms with Gasteiger partial charge in [-0.15, -0.1) is 11.3 Å². The third-order valence-electron chi connectivity index (χ3n) is 2.56. The SMILES string of the molecule is CCc1ccc(CS(=O)c2c(N)cccc2Cl)s1. The summed E-state index contributed by atoms with van der Waals surface area (Å²) in [6.07, 6.45) is 1.01. The van der Waals surface area contributed by atoms with E-state index in [1.807, 2.05) is 6.07 Å². The van der Waals surface area contributed by atoms with Crippen molar-refractivity contribution in [1.82, 2.24) is 0 Å². The number of nitrogen functional groups attached to an aromatic ring is 1. The topological polar surface area (TPSA) is 43.1 Å². The third kappa shape index (κ3) is 2.94. The molecule has 0 radical (unpaired) electrons. The molecule has 2 aromatic rings. The fourth-order valence-corrected chi connectivity index (χ4v) is 4.52. The fraction of sp³-hybridized carbons (Fsp3) is 0.231. The summed E-state index contributed by atoms with van der Waals surface area (Å²) in [5.41, 5.74) is 6.33. The van der Waals surface area contributed by atoms with Gasteiger partial charge in [0.15, 0.2) is 0 Å². The van der Waals surface area contributed by atoms with Crippen LogP contribution in [0.2, 0.25) is 5.02 Å². The van der Waals surface area contributed by atoms with Gasteiger partial charge in [0, 0.05) is 15.4 Å². The van der Waals surface area contributed by atoms with Gasteiger partial charge in [-0.3, -0.25) is 4.21 Å². The van der Waals surface area contributed by atoms with Crippen LogP contribution in [0.1, 0.15) is 16.7 Å². The Hall–Kier alpha value is -0.840. The number of hydrogen-bond donors (Lipinski definition) is 1. The molecule has 0 aliphatic rings. The molecule has 2 nitrogen and oxygen atoms in total. The van der Waals surface area contributed by atoms with Crippen LogP contribution in [0.25, 0.3) is 0 Å². The first-order chi connectivity index (χ1) is 8.61. The van der Waals surface area contributed by atoms with Crippen LogP contribution in [-0.4, -0.2) is 4.21 Å². The van der Waals surface area contributed by atoms with Crippen LogP contribution in [0, 0.1) is 0 Å². The Kier molecular flexibility index (Phi) is 4.43. The first kappa shape index (κ1) is 13.6. The van der Waals surface area contributed by atoms with Crippen LogP contribution in [0.3, 0.4) is 0 Å². The quantitative estimate of drug-likeness (QED) is 0.871. The van der Waals surface area contributed by atoms with Gasteiger partial charge in [-0.05, 0) is 30.7 Å². The molecule has 1 atom stereocenters. The molecular formula is C13H14ClNOS2. The maximum atomic E-state index is 12.3. The summed E-state index contributed by atoms with van der Waals surface area (Å²) < 4.78 is 12.3. The largest absolute Gasteiger partial charge is 0.398 e.